The lowest BCUT2D eigenvalue weighted by Crippen LogP contribution is -2.14. The Morgan fingerprint density at radius 1 is 1.12 bits per heavy atom. The Balaban J connectivity index is 1.98. The van der Waals surface area contributed by atoms with Crippen molar-refractivity contribution in [2.24, 2.45) is 0 Å². The first-order valence-corrected chi connectivity index (χ1v) is 9.23. The first-order valence-electron chi connectivity index (χ1n) is 9.23. The Morgan fingerprint density at radius 2 is 1.92 bits per heavy atom. The van der Waals surface area contributed by atoms with Crippen LogP contribution in [0, 0.1) is 19.3 Å². The number of hydrogen-bond acceptors (Lipinski definition) is 2. The number of aromatic nitrogens is 2. The molecule has 4 rings (SSSR count). The van der Waals surface area contributed by atoms with Gasteiger partial charge in [0.1, 0.15) is 0 Å². The van der Waals surface area contributed by atoms with Gasteiger partial charge in [-0.3, -0.25) is 9.97 Å². The lowest BCUT2D eigenvalue weighted by Gasteiger charge is -2.24. The van der Waals surface area contributed by atoms with E-state index in [0.29, 0.717) is 5.92 Å². The van der Waals surface area contributed by atoms with Crippen LogP contribution < -0.4 is 0 Å². The highest BCUT2D eigenvalue weighted by atomic mass is 14.7. The highest BCUT2D eigenvalue weighted by molar-refractivity contribution is 5.76. The molecule has 0 aromatic carbocycles. The standard InChI is InChI=1S/C22H24N2/c1-3-18-21(17-12-13-23-15(2)14-17)19-10-6-7-11-20(19)24-22(18)16-8-4-5-9-16/h1,12-14,16H,4-11H2,2H3. The summed E-state index contributed by atoms with van der Waals surface area (Å²) in [5.41, 5.74) is 8.46. The van der Waals surface area contributed by atoms with Crippen molar-refractivity contribution in [2.45, 2.75) is 64.2 Å². The van der Waals surface area contributed by atoms with Crippen LogP contribution in [-0.4, -0.2) is 9.97 Å². The monoisotopic (exact) mass is 316 g/mol. The van der Waals surface area contributed by atoms with Crippen molar-refractivity contribution in [3.05, 3.63) is 46.5 Å². The van der Waals surface area contributed by atoms with E-state index in [9.17, 15) is 0 Å². The predicted octanol–water partition coefficient (Wildman–Crippen LogP) is 4.97. The van der Waals surface area contributed by atoms with Gasteiger partial charge in [0.25, 0.3) is 0 Å². The van der Waals surface area contributed by atoms with E-state index in [1.807, 2.05) is 13.1 Å². The van der Waals surface area contributed by atoms with Crippen LogP contribution in [0.1, 0.15) is 72.7 Å². The third-order valence-electron chi connectivity index (χ3n) is 5.57. The van der Waals surface area contributed by atoms with Gasteiger partial charge in [0, 0.05) is 29.1 Å². The molecule has 0 spiro atoms. The molecule has 2 aliphatic rings. The third kappa shape index (κ3) is 2.63. The van der Waals surface area contributed by atoms with E-state index < -0.39 is 0 Å². The summed E-state index contributed by atoms with van der Waals surface area (Å²) in [5, 5.41) is 0. The SMILES string of the molecule is C#Cc1c(C2CCCC2)nc2c(c1-c1ccnc(C)c1)CCCC2. The summed E-state index contributed by atoms with van der Waals surface area (Å²) < 4.78 is 0. The predicted molar refractivity (Wildman–Crippen MR) is 98.0 cm³/mol. The Hall–Kier alpha value is -2.14. The Kier molecular flexibility index (Phi) is 4.10. The first-order chi connectivity index (χ1) is 11.8. The van der Waals surface area contributed by atoms with Gasteiger partial charge in [-0.2, -0.15) is 0 Å². The van der Waals surface area contributed by atoms with Gasteiger partial charge in [0.15, 0.2) is 0 Å². The average molecular weight is 316 g/mol. The second kappa shape index (κ2) is 6.40. The van der Waals surface area contributed by atoms with Gasteiger partial charge in [0.05, 0.1) is 11.3 Å². The minimum atomic E-state index is 0.546. The van der Waals surface area contributed by atoms with Crippen LogP contribution in [0.2, 0.25) is 0 Å². The topological polar surface area (TPSA) is 25.8 Å². The molecule has 0 unspecified atom stereocenters. The summed E-state index contributed by atoms with van der Waals surface area (Å²) in [5.74, 6) is 3.57. The fourth-order valence-electron chi connectivity index (χ4n) is 4.42. The second-order valence-corrected chi connectivity index (χ2v) is 7.19. The van der Waals surface area contributed by atoms with Crippen LogP contribution >= 0.6 is 0 Å². The van der Waals surface area contributed by atoms with E-state index >= 15 is 0 Å². The molecule has 2 heteroatoms. The van der Waals surface area contributed by atoms with E-state index in [1.54, 1.807) is 0 Å². The molecule has 0 N–H and O–H groups in total. The summed E-state index contributed by atoms with van der Waals surface area (Å²) in [6, 6.07) is 4.28. The third-order valence-corrected chi connectivity index (χ3v) is 5.57. The number of fused-ring (bicyclic) bond motifs is 1. The van der Waals surface area contributed by atoms with Crippen LogP contribution in [0.25, 0.3) is 11.1 Å². The lowest BCUT2D eigenvalue weighted by atomic mass is 9.83. The molecule has 2 nitrogen and oxygen atoms in total. The quantitative estimate of drug-likeness (QED) is 0.731. The molecule has 122 valence electrons. The summed E-state index contributed by atoms with van der Waals surface area (Å²) in [6.45, 7) is 2.05. The molecule has 2 heterocycles. The van der Waals surface area contributed by atoms with E-state index in [1.165, 1.54) is 66.6 Å². The van der Waals surface area contributed by atoms with Crippen LogP contribution in [-0.2, 0) is 12.8 Å². The highest BCUT2D eigenvalue weighted by Crippen LogP contribution is 2.41. The fourth-order valence-corrected chi connectivity index (χ4v) is 4.42. The summed E-state index contributed by atoms with van der Waals surface area (Å²) in [4.78, 5) is 9.48. The number of terminal acetylenes is 1. The minimum absolute atomic E-state index is 0.546. The van der Waals surface area contributed by atoms with Gasteiger partial charge < -0.3 is 0 Å². The zero-order valence-corrected chi connectivity index (χ0v) is 14.4. The molecule has 0 aliphatic heterocycles. The molecule has 0 amide bonds. The van der Waals surface area contributed by atoms with Crippen molar-refractivity contribution in [2.75, 3.05) is 0 Å². The smallest absolute Gasteiger partial charge is 0.0600 e. The zero-order chi connectivity index (χ0) is 16.5. The largest absolute Gasteiger partial charge is 0.262 e. The Labute approximate surface area is 144 Å². The number of pyridine rings is 2. The molecule has 0 saturated heterocycles. The number of rotatable bonds is 2. The van der Waals surface area contributed by atoms with Crippen molar-refractivity contribution < 1.29 is 0 Å². The number of nitrogens with zero attached hydrogens (tertiary/aromatic N) is 2. The highest BCUT2D eigenvalue weighted by Gasteiger charge is 2.27. The normalized spacial score (nSPS) is 17.5. The Bertz CT molecular complexity index is 807. The molecule has 2 aromatic rings. The van der Waals surface area contributed by atoms with Crippen molar-refractivity contribution in [3.8, 4) is 23.5 Å². The van der Waals surface area contributed by atoms with E-state index in [-0.39, 0.29) is 0 Å². The Morgan fingerprint density at radius 3 is 2.67 bits per heavy atom. The summed E-state index contributed by atoms with van der Waals surface area (Å²) >= 11 is 0. The van der Waals surface area contributed by atoms with E-state index in [0.717, 1.165) is 24.1 Å². The van der Waals surface area contributed by atoms with Gasteiger partial charge in [-0.25, -0.2) is 0 Å². The molecular weight excluding hydrogens is 292 g/mol. The van der Waals surface area contributed by atoms with E-state index in [2.05, 4.69) is 23.0 Å². The fraction of sp³-hybridized carbons (Fsp3) is 0.455. The average Bonchev–Trinajstić information content (AvgIpc) is 3.14. The van der Waals surface area contributed by atoms with Crippen LogP contribution in [0.3, 0.4) is 0 Å². The number of aryl methyl sites for hydroxylation is 2. The maximum absolute atomic E-state index is 6.02. The van der Waals surface area contributed by atoms with Crippen molar-refractivity contribution in [1.29, 1.82) is 0 Å². The van der Waals surface area contributed by atoms with Gasteiger partial charge >= 0.3 is 0 Å². The van der Waals surface area contributed by atoms with Crippen LogP contribution in [0.4, 0.5) is 0 Å². The molecule has 0 bridgehead atoms. The van der Waals surface area contributed by atoms with Crippen LogP contribution in [0.5, 0.6) is 0 Å². The molecule has 24 heavy (non-hydrogen) atoms. The maximum Gasteiger partial charge on any atom is 0.0600 e. The second-order valence-electron chi connectivity index (χ2n) is 7.19. The van der Waals surface area contributed by atoms with Crippen LogP contribution in [0.15, 0.2) is 18.3 Å². The molecule has 1 fully saturated rings. The molecule has 2 aromatic heterocycles. The molecule has 2 aliphatic carbocycles. The van der Waals surface area contributed by atoms with Gasteiger partial charge in [-0.15, -0.1) is 6.42 Å². The first kappa shape index (κ1) is 15.4. The number of hydrogen-bond donors (Lipinski definition) is 0. The van der Waals surface area contributed by atoms with Gasteiger partial charge in [-0.05, 0) is 68.7 Å². The minimum Gasteiger partial charge on any atom is -0.262 e. The van der Waals surface area contributed by atoms with Gasteiger partial charge in [0.2, 0.25) is 0 Å². The summed E-state index contributed by atoms with van der Waals surface area (Å²) in [7, 11) is 0. The van der Waals surface area contributed by atoms with E-state index in [4.69, 9.17) is 11.4 Å². The zero-order valence-electron chi connectivity index (χ0n) is 14.4. The van der Waals surface area contributed by atoms with Crippen molar-refractivity contribution in [3.63, 3.8) is 0 Å². The molecular formula is C22H24N2. The maximum atomic E-state index is 6.02. The molecule has 0 radical (unpaired) electrons. The van der Waals surface area contributed by atoms with Gasteiger partial charge in [-0.1, -0.05) is 18.8 Å². The lowest BCUT2D eigenvalue weighted by molar-refractivity contribution is 0.641. The molecule has 0 atom stereocenters. The van der Waals surface area contributed by atoms with Crippen molar-refractivity contribution >= 4 is 0 Å². The molecule has 1 saturated carbocycles. The van der Waals surface area contributed by atoms with Crippen molar-refractivity contribution in [1.82, 2.24) is 9.97 Å². The summed E-state index contributed by atoms with van der Waals surface area (Å²) in [6.07, 6.45) is 17.7.